The standard InChI is InChI=1S/C18H25NO4/c1-23-11-9-15-4-2-3-10-19(13-15)17(20)12-14-5-7-16(8-6-14)18(21)22/h5-8,15H,2-4,9-13H2,1H3,(H,21,22). The molecule has 1 unspecified atom stereocenters. The Morgan fingerprint density at radius 3 is 2.65 bits per heavy atom. The maximum Gasteiger partial charge on any atom is 0.335 e. The minimum absolute atomic E-state index is 0.123. The molecule has 1 amide bonds. The number of nitrogens with zero attached hydrogens (tertiary/aromatic N) is 1. The van der Waals surface area contributed by atoms with Gasteiger partial charge in [0.05, 0.1) is 12.0 Å². The highest BCUT2D eigenvalue weighted by Gasteiger charge is 2.22. The molecule has 1 N–H and O–H groups in total. The molecule has 23 heavy (non-hydrogen) atoms. The predicted molar refractivity (Wildman–Crippen MR) is 87.5 cm³/mol. The van der Waals surface area contributed by atoms with Crippen LogP contribution in [0, 0.1) is 5.92 Å². The smallest absolute Gasteiger partial charge is 0.335 e. The molecule has 1 aliphatic rings. The Morgan fingerprint density at radius 2 is 2.00 bits per heavy atom. The van der Waals surface area contributed by atoms with Gasteiger partial charge in [-0.25, -0.2) is 4.79 Å². The fraction of sp³-hybridized carbons (Fsp3) is 0.556. The SMILES string of the molecule is COCCC1CCCCN(C(=O)Cc2ccc(C(=O)O)cc2)C1. The van der Waals surface area contributed by atoms with Gasteiger partial charge in [-0.05, 0) is 42.9 Å². The lowest BCUT2D eigenvalue weighted by Crippen LogP contribution is -2.36. The van der Waals surface area contributed by atoms with E-state index in [2.05, 4.69) is 0 Å². The van der Waals surface area contributed by atoms with E-state index in [1.54, 1.807) is 31.4 Å². The van der Waals surface area contributed by atoms with E-state index in [0.29, 0.717) is 12.3 Å². The zero-order valence-electron chi connectivity index (χ0n) is 13.7. The molecule has 0 aromatic heterocycles. The molecule has 0 bridgehead atoms. The normalized spacial score (nSPS) is 18.5. The summed E-state index contributed by atoms with van der Waals surface area (Å²) in [4.78, 5) is 25.4. The molecule has 0 spiro atoms. The molecule has 1 aromatic carbocycles. The molecule has 2 rings (SSSR count). The summed E-state index contributed by atoms with van der Waals surface area (Å²) in [5, 5.41) is 8.91. The second-order valence-corrected chi connectivity index (χ2v) is 6.16. The number of methoxy groups -OCH3 is 1. The van der Waals surface area contributed by atoms with Crippen LogP contribution in [-0.2, 0) is 16.0 Å². The van der Waals surface area contributed by atoms with Crippen LogP contribution >= 0.6 is 0 Å². The van der Waals surface area contributed by atoms with Gasteiger partial charge >= 0.3 is 5.97 Å². The van der Waals surface area contributed by atoms with E-state index >= 15 is 0 Å². The lowest BCUT2D eigenvalue weighted by molar-refractivity contribution is -0.131. The van der Waals surface area contributed by atoms with E-state index in [0.717, 1.165) is 50.9 Å². The average Bonchev–Trinajstić information content (AvgIpc) is 2.79. The average molecular weight is 319 g/mol. The van der Waals surface area contributed by atoms with Gasteiger partial charge in [-0.1, -0.05) is 18.6 Å². The van der Waals surface area contributed by atoms with Crippen LogP contribution < -0.4 is 0 Å². The highest BCUT2D eigenvalue weighted by Crippen LogP contribution is 2.20. The number of likely N-dealkylation sites (tertiary alicyclic amines) is 1. The Morgan fingerprint density at radius 1 is 1.26 bits per heavy atom. The van der Waals surface area contributed by atoms with Crippen molar-refractivity contribution in [1.29, 1.82) is 0 Å². The number of aromatic carboxylic acids is 1. The second-order valence-electron chi connectivity index (χ2n) is 6.16. The molecule has 1 saturated heterocycles. The third-order valence-electron chi connectivity index (χ3n) is 4.41. The number of hydrogen-bond donors (Lipinski definition) is 1. The van der Waals surface area contributed by atoms with Crippen LogP contribution in [0.2, 0.25) is 0 Å². The zero-order chi connectivity index (χ0) is 16.7. The number of ether oxygens (including phenoxy) is 1. The first-order valence-corrected chi connectivity index (χ1v) is 8.19. The van der Waals surface area contributed by atoms with Gasteiger partial charge in [-0.15, -0.1) is 0 Å². The Labute approximate surface area is 137 Å². The van der Waals surface area contributed by atoms with Crippen molar-refractivity contribution in [2.75, 3.05) is 26.8 Å². The van der Waals surface area contributed by atoms with Gasteiger partial charge in [-0.3, -0.25) is 4.79 Å². The molecule has 126 valence electrons. The molecule has 5 nitrogen and oxygen atoms in total. The van der Waals surface area contributed by atoms with Gasteiger partial charge in [0.25, 0.3) is 0 Å². The maximum atomic E-state index is 12.5. The lowest BCUT2D eigenvalue weighted by atomic mass is 10.00. The molecule has 1 aliphatic heterocycles. The van der Waals surface area contributed by atoms with Crippen LogP contribution in [-0.4, -0.2) is 48.7 Å². The van der Waals surface area contributed by atoms with Crippen molar-refractivity contribution in [3.63, 3.8) is 0 Å². The van der Waals surface area contributed by atoms with Crippen molar-refractivity contribution >= 4 is 11.9 Å². The number of hydrogen-bond acceptors (Lipinski definition) is 3. The number of carboxylic acids is 1. The number of carboxylic acid groups (broad SMARTS) is 1. The summed E-state index contributed by atoms with van der Waals surface area (Å²) in [5.74, 6) is -0.315. The van der Waals surface area contributed by atoms with Crippen molar-refractivity contribution in [2.24, 2.45) is 5.92 Å². The van der Waals surface area contributed by atoms with Crippen LogP contribution in [0.4, 0.5) is 0 Å². The molecule has 1 aromatic rings. The summed E-state index contributed by atoms with van der Waals surface area (Å²) in [6, 6.07) is 6.55. The number of benzene rings is 1. The Balaban J connectivity index is 1.93. The number of rotatable bonds is 6. The number of amides is 1. The molecular weight excluding hydrogens is 294 g/mol. The number of carbonyl (C=O) groups excluding carboxylic acids is 1. The van der Waals surface area contributed by atoms with E-state index in [4.69, 9.17) is 9.84 Å². The molecule has 0 saturated carbocycles. The lowest BCUT2D eigenvalue weighted by Gasteiger charge is -2.24. The van der Waals surface area contributed by atoms with Gasteiger partial charge in [0.1, 0.15) is 0 Å². The second kappa shape index (κ2) is 8.67. The molecule has 1 atom stereocenters. The highest BCUT2D eigenvalue weighted by atomic mass is 16.5. The molecule has 0 radical (unpaired) electrons. The van der Waals surface area contributed by atoms with Crippen LogP contribution in [0.5, 0.6) is 0 Å². The topological polar surface area (TPSA) is 66.8 Å². The molecule has 1 heterocycles. The van der Waals surface area contributed by atoms with Gasteiger partial charge < -0.3 is 14.7 Å². The van der Waals surface area contributed by atoms with Crippen molar-refractivity contribution in [3.05, 3.63) is 35.4 Å². The van der Waals surface area contributed by atoms with E-state index in [-0.39, 0.29) is 11.5 Å². The summed E-state index contributed by atoms with van der Waals surface area (Å²) in [6.07, 6.45) is 4.68. The first-order valence-electron chi connectivity index (χ1n) is 8.19. The summed E-state index contributed by atoms with van der Waals surface area (Å²) in [6.45, 7) is 2.36. The molecule has 0 aliphatic carbocycles. The summed E-state index contributed by atoms with van der Waals surface area (Å²) >= 11 is 0. The van der Waals surface area contributed by atoms with Crippen molar-refractivity contribution in [3.8, 4) is 0 Å². The van der Waals surface area contributed by atoms with Crippen LogP contribution in [0.3, 0.4) is 0 Å². The third kappa shape index (κ3) is 5.36. The van der Waals surface area contributed by atoms with E-state index in [1.165, 1.54) is 0 Å². The van der Waals surface area contributed by atoms with E-state index in [9.17, 15) is 9.59 Å². The van der Waals surface area contributed by atoms with Gasteiger partial charge in [-0.2, -0.15) is 0 Å². The minimum Gasteiger partial charge on any atom is -0.478 e. The largest absolute Gasteiger partial charge is 0.478 e. The summed E-state index contributed by atoms with van der Waals surface area (Å²) in [5.41, 5.74) is 1.10. The van der Waals surface area contributed by atoms with Crippen LogP contribution in [0.15, 0.2) is 24.3 Å². The van der Waals surface area contributed by atoms with Gasteiger partial charge in [0.15, 0.2) is 0 Å². The Kier molecular flexibility index (Phi) is 6.59. The van der Waals surface area contributed by atoms with Crippen molar-refractivity contribution in [1.82, 2.24) is 4.90 Å². The predicted octanol–water partition coefficient (Wildman–Crippen LogP) is 2.59. The first-order chi connectivity index (χ1) is 11.1. The highest BCUT2D eigenvalue weighted by molar-refractivity contribution is 5.87. The Bertz CT molecular complexity index is 526. The molecule has 5 heteroatoms. The fourth-order valence-electron chi connectivity index (χ4n) is 3.03. The zero-order valence-corrected chi connectivity index (χ0v) is 13.7. The van der Waals surface area contributed by atoms with Crippen molar-refractivity contribution < 1.29 is 19.4 Å². The van der Waals surface area contributed by atoms with Gasteiger partial charge in [0.2, 0.25) is 5.91 Å². The maximum absolute atomic E-state index is 12.5. The first kappa shape index (κ1) is 17.5. The van der Waals surface area contributed by atoms with Crippen LogP contribution in [0.25, 0.3) is 0 Å². The Hall–Kier alpha value is -1.88. The van der Waals surface area contributed by atoms with Gasteiger partial charge in [0, 0.05) is 26.8 Å². The van der Waals surface area contributed by atoms with Crippen molar-refractivity contribution in [2.45, 2.75) is 32.1 Å². The number of carbonyl (C=O) groups is 2. The van der Waals surface area contributed by atoms with Crippen LogP contribution in [0.1, 0.15) is 41.6 Å². The molecular formula is C18H25NO4. The quantitative estimate of drug-likeness (QED) is 0.875. The summed E-state index contributed by atoms with van der Waals surface area (Å²) < 4.78 is 5.16. The third-order valence-corrected chi connectivity index (χ3v) is 4.41. The monoisotopic (exact) mass is 319 g/mol. The molecule has 1 fully saturated rings. The van der Waals surface area contributed by atoms with E-state index < -0.39 is 5.97 Å². The fourth-order valence-corrected chi connectivity index (χ4v) is 3.03. The van der Waals surface area contributed by atoms with E-state index in [1.807, 2.05) is 4.90 Å². The summed E-state index contributed by atoms with van der Waals surface area (Å²) in [7, 11) is 1.71. The minimum atomic E-state index is -0.948.